The van der Waals surface area contributed by atoms with Crippen molar-refractivity contribution in [3.05, 3.63) is 59.7 Å². The van der Waals surface area contributed by atoms with E-state index in [4.69, 9.17) is 10.5 Å². The van der Waals surface area contributed by atoms with Crippen LogP contribution in [0.25, 0.3) is 11.1 Å². The molecule has 0 bridgehead atoms. The second-order valence-corrected chi connectivity index (χ2v) is 6.13. The van der Waals surface area contributed by atoms with E-state index >= 15 is 0 Å². The second-order valence-electron chi connectivity index (χ2n) is 4.60. The van der Waals surface area contributed by atoms with Crippen molar-refractivity contribution in [3.8, 4) is 11.1 Å². The van der Waals surface area contributed by atoms with Gasteiger partial charge < -0.3 is 10.5 Å². The average molecular weight is 305 g/mol. The van der Waals surface area contributed by atoms with Gasteiger partial charge in [-0.3, -0.25) is 4.55 Å². The third kappa shape index (κ3) is 1.75. The Morgan fingerprint density at radius 1 is 1.00 bits per heavy atom. The molecule has 1 aliphatic carbocycles. The molecule has 3 rings (SSSR count). The zero-order valence-corrected chi connectivity index (χ0v) is 11.5. The lowest BCUT2D eigenvalue weighted by Gasteiger charge is -2.27. The molecule has 0 radical (unpaired) electrons. The summed E-state index contributed by atoms with van der Waals surface area (Å²) in [7, 11) is -4.81. The van der Waals surface area contributed by atoms with E-state index in [1.54, 1.807) is 36.4 Å². The Morgan fingerprint density at radius 2 is 1.43 bits per heavy atom. The summed E-state index contributed by atoms with van der Waals surface area (Å²) >= 11 is 0. The molecule has 1 amide bonds. The zero-order chi connectivity index (χ0) is 15.3. The molecule has 2 aromatic carbocycles. The molecule has 3 N–H and O–H groups in total. The van der Waals surface area contributed by atoms with Gasteiger partial charge in [0, 0.05) is 11.1 Å². The highest BCUT2D eigenvalue weighted by molar-refractivity contribution is 7.87. The number of ether oxygens (including phenoxy) is 1. The van der Waals surface area contributed by atoms with Crippen LogP contribution in [0.15, 0.2) is 48.5 Å². The first-order valence-corrected chi connectivity index (χ1v) is 7.47. The molecule has 0 heterocycles. The van der Waals surface area contributed by atoms with Gasteiger partial charge in [0.05, 0.1) is 0 Å². The van der Waals surface area contributed by atoms with Crippen LogP contribution < -0.4 is 5.73 Å². The van der Waals surface area contributed by atoms with Crippen LogP contribution in [-0.4, -0.2) is 19.1 Å². The molecule has 7 heteroatoms. The van der Waals surface area contributed by atoms with E-state index in [2.05, 4.69) is 0 Å². The zero-order valence-electron chi connectivity index (χ0n) is 10.7. The molecule has 0 unspecified atom stereocenters. The number of amides is 1. The van der Waals surface area contributed by atoms with Crippen molar-refractivity contribution in [1.82, 2.24) is 0 Å². The summed E-state index contributed by atoms with van der Waals surface area (Å²) < 4.78 is 38.7. The highest BCUT2D eigenvalue weighted by Gasteiger charge is 2.56. The molecule has 0 saturated carbocycles. The van der Waals surface area contributed by atoms with Crippen LogP contribution in [-0.2, 0) is 19.8 Å². The van der Waals surface area contributed by atoms with Crippen molar-refractivity contribution in [2.45, 2.75) is 4.93 Å². The largest absolute Gasteiger partial charge is 0.415 e. The molecule has 6 nitrogen and oxygen atoms in total. The van der Waals surface area contributed by atoms with Gasteiger partial charge in [-0.15, -0.1) is 0 Å². The first-order valence-electron chi connectivity index (χ1n) is 6.03. The predicted octanol–water partition coefficient (Wildman–Crippen LogP) is 1.85. The minimum atomic E-state index is -4.81. The lowest BCUT2D eigenvalue weighted by molar-refractivity contribution is 0.0962. The maximum absolute atomic E-state index is 12.0. The second kappa shape index (κ2) is 4.31. The minimum absolute atomic E-state index is 0.160. The van der Waals surface area contributed by atoms with E-state index in [0.29, 0.717) is 11.1 Å². The van der Waals surface area contributed by atoms with Gasteiger partial charge in [-0.2, -0.15) is 8.42 Å². The summed E-state index contributed by atoms with van der Waals surface area (Å²) in [6.07, 6.45) is -1.29. The summed E-state index contributed by atoms with van der Waals surface area (Å²) in [6, 6.07) is 13.0. The van der Waals surface area contributed by atoms with E-state index in [1.165, 1.54) is 12.1 Å². The Kier molecular flexibility index (Phi) is 2.79. The molecule has 0 spiro atoms. The highest BCUT2D eigenvalue weighted by atomic mass is 32.2. The molecule has 21 heavy (non-hydrogen) atoms. The molecule has 0 fully saturated rings. The number of carbonyl (C=O) groups is 1. The standard InChI is InChI=1S/C14H11NO5S/c15-13(16)20-14(21(17,18)19)11-7-3-1-5-9(11)10-6-2-4-8-12(10)14/h1-8H,(H2,15,16)(H,17,18,19). The number of fused-ring (bicyclic) bond motifs is 3. The molecular formula is C14H11NO5S. The number of nitrogens with two attached hydrogens (primary N) is 1. The Hall–Kier alpha value is -2.38. The van der Waals surface area contributed by atoms with E-state index in [0.717, 1.165) is 0 Å². The van der Waals surface area contributed by atoms with Crippen LogP contribution >= 0.6 is 0 Å². The summed E-state index contributed by atoms with van der Waals surface area (Å²) in [6.45, 7) is 0. The predicted molar refractivity (Wildman–Crippen MR) is 74.9 cm³/mol. The minimum Gasteiger partial charge on any atom is -0.415 e. The number of rotatable bonds is 2. The normalized spacial score (nSPS) is 15.1. The molecular weight excluding hydrogens is 294 g/mol. The fourth-order valence-electron chi connectivity index (χ4n) is 2.74. The summed E-state index contributed by atoms with van der Waals surface area (Å²) in [5, 5.41) is 0. The quantitative estimate of drug-likeness (QED) is 0.823. The monoisotopic (exact) mass is 305 g/mol. The molecule has 1 aliphatic rings. The first kappa shape index (κ1) is 13.6. The van der Waals surface area contributed by atoms with Gasteiger partial charge in [0.1, 0.15) is 0 Å². The van der Waals surface area contributed by atoms with Crippen molar-refractivity contribution in [3.63, 3.8) is 0 Å². The Bertz CT molecular complexity index is 798. The fraction of sp³-hybridized carbons (Fsp3) is 0.0714. The van der Waals surface area contributed by atoms with Gasteiger partial charge in [0.15, 0.2) is 0 Å². The van der Waals surface area contributed by atoms with Crippen molar-refractivity contribution in [1.29, 1.82) is 0 Å². The summed E-state index contributed by atoms with van der Waals surface area (Å²) in [4.78, 5) is 8.92. The third-order valence-corrected chi connectivity index (χ3v) is 4.71. The van der Waals surface area contributed by atoms with E-state index < -0.39 is 21.1 Å². The van der Waals surface area contributed by atoms with Crippen LogP contribution in [0.4, 0.5) is 4.79 Å². The average Bonchev–Trinajstić information content (AvgIpc) is 2.71. The number of primary amides is 1. The molecule has 0 saturated heterocycles. The maximum atomic E-state index is 12.0. The van der Waals surface area contributed by atoms with Crippen molar-refractivity contribution >= 4 is 16.2 Å². The Labute approximate surface area is 120 Å². The van der Waals surface area contributed by atoms with Crippen LogP contribution in [0.3, 0.4) is 0 Å². The lowest BCUT2D eigenvalue weighted by atomic mass is 10.1. The van der Waals surface area contributed by atoms with Crippen LogP contribution in [0.5, 0.6) is 0 Å². The Morgan fingerprint density at radius 3 is 1.81 bits per heavy atom. The molecule has 108 valence electrons. The SMILES string of the molecule is NC(=O)OC1(S(=O)(=O)O)c2ccccc2-c2ccccc21. The highest BCUT2D eigenvalue weighted by Crippen LogP contribution is 2.52. The van der Waals surface area contributed by atoms with E-state index in [1.807, 2.05) is 0 Å². The third-order valence-electron chi connectivity index (χ3n) is 3.46. The van der Waals surface area contributed by atoms with Gasteiger partial charge in [-0.25, -0.2) is 4.79 Å². The van der Waals surface area contributed by atoms with Crippen molar-refractivity contribution < 1.29 is 22.5 Å². The van der Waals surface area contributed by atoms with Crippen molar-refractivity contribution in [2.75, 3.05) is 0 Å². The van der Waals surface area contributed by atoms with Gasteiger partial charge in [0.25, 0.3) is 4.93 Å². The first-order chi connectivity index (χ1) is 9.88. The van der Waals surface area contributed by atoms with Crippen LogP contribution in [0.2, 0.25) is 0 Å². The van der Waals surface area contributed by atoms with Crippen LogP contribution in [0.1, 0.15) is 11.1 Å². The summed E-state index contributed by atoms with van der Waals surface area (Å²) in [5.41, 5.74) is 6.48. The van der Waals surface area contributed by atoms with E-state index in [9.17, 15) is 17.8 Å². The molecule has 2 aromatic rings. The topological polar surface area (TPSA) is 107 Å². The molecule has 0 atom stereocenters. The summed E-state index contributed by atoms with van der Waals surface area (Å²) in [5.74, 6) is 0. The maximum Gasteiger partial charge on any atom is 0.406 e. The van der Waals surface area contributed by atoms with Gasteiger partial charge in [-0.1, -0.05) is 48.5 Å². The van der Waals surface area contributed by atoms with Gasteiger partial charge in [-0.05, 0) is 11.1 Å². The van der Waals surface area contributed by atoms with Gasteiger partial charge in [0.2, 0.25) is 0 Å². The van der Waals surface area contributed by atoms with Crippen LogP contribution in [0, 0.1) is 0 Å². The number of hydrogen-bond acceptors (Lipinski definition) is 4. The lowest BCUT2D eigenvalue weighted by Crippen LogP contribution is -2.41. The smallest absolute Gasteiger partial charge is 0.406 e. The van der Waals surface area contributed by atoms with Gasteiger partial charge >= 0.3 is 16.2 Å². The van der Waals surface area contributed by atoms with Crippen molar-refractivity contribution in [2.24, 2.45) is 5.73 Å². The fourth-order valence-corrected chi connectivity index (χ4v) is 3.84. The van der Waals surface area contributed by atoms with E-state index in [-0.39, 0.29) is 11.1 Å². The molecule has 0 aromatic heterocycles. The molecule has 0 aliphatic heterocycles. The Balaban J connectivity index is 2.47. The number of carbonyl (C=O) groups excluding carboxylic acids is 1. The number of hydrogen-bond donors (Lipinski definition) is 2. The number of benzene rings is 2.